The molecule has 2 bridgehead atoms. The molecule has 3 fully saturated rings. The van der Waals surface area contributed by atoms with E-state index in [0.717, 1.165) is 24.2 Å². The second kappa shape index (κ2) is 6.12. The maximum absolute atomic E-state index is 12.8. The Morgan fingerprint density at radius 1 is 1.11 bits per heavy atom. The van der Waals surface area contributed by atoms with Crippen LogP contribution in [-0.4, -0.2) is 18.0 Å². The number of rotatable bonds is 4. The highest BCUT2D eigenvalue weighted by molar-refractivity contribution is 5.97. The fourth-order valence-electron chi connectivity index (χ4n) is 5.01. The number of anilines is 1. The molecule has 1 aliphatic heterocycles. The molecule has 0 aromatic heterocycles. The van der Waals surface area contributed by atoms with Crippen LogP contribution in [0.2, 0.25) is 0 Å². The number of amides is 1. The zero-order chi connectivity index (χ0) is 18.5. The van der Waals surface area contributed by atoms with Gasteiger partial charge in [-0.3, -0.25) is 9.59 Å². The molecule has 3 aliphatic rings. The van der Waals surface area contributed by atoms with E-state index in [2.05, 4.69) is 5.32 Å². The molecule has 138 valence electrons. The van der Waals surface area contributed by atoms with Crippen LogP contribution in [0.3, 0.4) is 0 Å². The van der Waals surface area contributed by atoms with Crippen LogP contribution in [0.4, 0.5) is 5.69 Å². The van der Waals surface area contributed by atoms with Gasteiger partial charge in [-0.15, -0.1) is 0 Å². The number of hydrogen-bond acceptors (Lipinski definition) is 4. The van der Waals surface area contributed by atoms with E-state index in [1.165, 1.54) is 0 Å². The van der Waals surface area contributed by atoms with Gasteiger partial charge >= 0.3 is 5.97 Å². The number of esters is 1. The third kappa shape index (κ3) is 2.78. The summed E-state index contributed by atoms with van der Waals surface area (Å²) >= 11 is 0. The van der Waals surface area contributed by atoms with Gasteiger partial charge in [0, 0.05) is 11.6 Å². The minimum atomic E-state index is -0.260. The Kier molecular flexibility index (Phi) is 3.71. The van der Waals surface area contributed by atoms with E-state index in [-0.39, 0.29) is 41.7 Å². The monoisotopic (exact) mass is 363 g/mol. The quantitative estimate of drug-likeness (QED) is 0.836. The van der Waals surface area contributed by atoms with E-state index < -0.39 is 0 Å². The number of benzene rings is 2. The standard InChI is InChI=1S/C22H21NO4/c1-12-3-2-4-16(9-12)26-15-7-5-14(6-8-15)23-21(24)19-13-10-17-18(11-13)27-22(25)20(17)19/h2-9,13,17-20H,10-11H2,1H3,(H,23,24)/t13-,17+,18+,19-,20+/m1/s1. The average Bonchev–Trinajstić information content (AvgIpc) is 3.26. The summed E-state index contributed by atoms with van der Waals surface area (Å²) in [6.45, 7) is 2.02. The highest BCUT2D eigenvalue weighted by atomic mass is 16.6. The van der Waals surface area contributed by atoms with Crippen LogP contribution in [0.15, 0.2) is 48.5 Å². The highest BCUT2D eigenvalue weighted by Gasteiger charge is 2.63. The normalized spacial score (nSPS) is 30.3. The number of aryl methyl sites for hydroxylation is 1. The Morgan fingerprint density at radius 2 is 1.93 bits per heavy atom. The molecule has 0 spiro atoms. The van der Waals surface area contributed by atoms with Crippen molar-refractivity contribution in [3.63, 3.8) is 0 Å². The molecule has 0 unspecified atom stereocenters. The van der Waals surface area contributed by atoms with Gasteiger partial charge in [0.2, 0.25) is 5.91 Å². The number of fused-ring (bicyclic) bond motifs is 1. The summed E-state index contributed by atoms with van der Waals surface area (Å²) in [5, 5.41) is 2.97. The number of ether oxygens (including phenoxy) is 2. The average molecular weight is 363 g/mol. The van der Waals surface area contributed by atoms with Gasteiger partial charge in [0.1, 0.15) is 17.6 Å². The SMILES string of the molecule is Cc1cccc(Oc2ccc(NC(=O)[C@@H]3[C@@H]4C[C@@H]5[C@@H]3C(=O)O[C@H]5C4)cc2)c1. The fourth-order valence-corrected chi connectivity index (χ4v) is 5.01. The van der Waals surface area contributed by atoms with Crippen molar-refractivity contribution in [1.82, 2.24) is 0 Å². The molecule has 5 nitrogen and oxygen atoms in total. The first-order valence-electron chi connectivity index (χ1n) is 9.44. The maximum Gasteiger partial charge on any atom is 0.310 e. The third-order valence-electron chi connectivity index (χ3n) is 6.13. The summed E-state index contributed by atoms with van der Waals surface area (Å²) in [4.78, 5) is 24.9. The highest BCUT2D eigenvalue weighted by Crippen LogP contribution is 2.57. The van der Waals surface area contributed by atoms with Crippen LogP contribution in [0.5, 0.6) is 11.5 Å². The van der Waals surface area contributed by atoms with Crippen LogP contribution in [-0.2, 0) is 14.3 Å². The van der Waals surface area contributed by atoms with Gasteiger partial charge in [0.15, 0.2) is 0 Å². The van der Waals surface area contributed by atoms with Crippen molar-refractivity contribution in [3.05, 3.63) is 54.1 Å². The largest absolute Gasteiger partial charge is 0.462 e. The third-order valence-corrected chi connectivity index (χ3v) is 6.13. The summed E-state index contributed by atoms with van der Waals surface area (Å²) in [6, 6.07) is 15.2. The number of hydrogen-bond donors (Lipinski definition) is 1. The molecule has 1 amide bonds. The Labute approximate surface area is 157 Å². The predicted octanol–water partition coefficient (Wildman–Crippen LogP) is 3.92. The van der Waals surface area contributed by atoms with Gasteiger partial charge in [-0.2, -0.15) is 0 Å². The first-order valence-corrected chi connectivity index (χ1v) is 9.44. The van der Waals surface area contributed by atoms with E-state index in [0.29, 0.717) is 11.4 Å². The molecule has 5 heteroatoms. The van der Waals surface area contributed by atoms with E-state index in [4.69, 9.17) is 9.47 Å². The summed E-state index contributed by atoms with van der Waals surface area (Å²) in [5.74, 6) is 1.22. The van der Waals surface area contributed by atoms with Gasteiger partial charge in [-0.05, 0) is 67.6 Å². The van der Waals surface area contributed by atoms with Crippen molar-refractivity contribution in [1.29, 1.82) is 0 Å². The zero-order valence-corrected chi connectivity index (χ0v) is 15.1. The second-order valence-corrected chi connectivity index (χ2v) is 7.85. The summed E-state index contributed by atoms with van der Waals surface area (Å²) in [5.41, 5.74) is 1.84. The maximum atomic E-state index is 12.8. The van der Waals surface area contributed by atoms with Crippen molar-refractivity contribution in [3.8, 4) is 11.5 Å². The van der Waals surface area contributed by atoms with Crippen LogP contribution in [0.1, 0.15) is 18.4 Å². The van der Waals surface area contributed by atoms with Crippen molar-refractivity contribution in [2.75, 3.05) is 5.32 Å². The predicted molar refractivity (Wildman–Crippen MR) is 99.4 cm³/mol. The Hall–Kier alpha value is -2.82. The molecule has 5 rings (SSSR count). The number of nitrogens with one attached hydrogen (secondary N) is 1. The summed E-state index contributed by atoms with van der Waals surface area (Å²) in [7, 11) is 0. The lowest BCUT2D eigenvalue weighted by Gasteiger charge is -2.23. The molecule has 2 aromatic carbocycles. The van der Waals surface area contributed by atoms with E-state index in [1.54, 1.807) is 0 Å². The molecule has 2 aliphatic carbocycles. The lowest BCUT2D eigenvalue weighted by Crippen LogP contribution is -2.35. The van der Waals surface area contributed by atoms with Crippen LogP contribution >= 0.6 is 0 Å². The molecular formula is C22H21NO4. The molecule has 2 aromatic rings. The van der Waals surface area contributed by atoms with E-state index in [1.807, 2.05) is 55.5 Å². The Morgan fingerprint density at radius 3 is 2.70 bits per heavy atom. The van der Waals surface area contributed by atoms with E-state index >= 15 is 0 Å². The molecule has 1 N–H and O–H groups in total. The topological polar surface area (TPSA) is 64.6 Å². The van der Waals surface area contributed by atoms with Crippen molar-refractivity contribution >= 4 is 17.6 Å². The van der Waals surface area contributed by atoms with Gasteiger partial charge < -0.3 is 14.8 Å². The van der Waals surface area contributed by atoms with Crippen molar-refractivity contribution in [2.45, 2.75) is 25.9 Å². The smallest absolute Gasteiger partial charge is 0.310 e. The molecule has 0 radical (unpaired) electrons. The molecule has 27 heavy (non-hydrogen) atoms. The molecule has 2 saturated carbocycles. The van der Waals surface area contributed by atoms with Crippen LogP contribution in [0, 0.1) is 30.6 Å². The minimum Gasteiger partial charge on any atom is -0.462 e. The lowest BCUT2D eigenvalue weighted by molar-refractivity contribution is -0.145. The zero-order valence-electron chi connectivity index (χ0n) is 15.1. The number of carbonyl (C=O) groups excluding carboxylic acids is 2. The van der Waals surface area contributed by atoms with Gasteiger partial charge in [-0.25, -0.2) is 0 Å². The number of carbonyl (C=O) groups is 2. The van der Waals surface area contributed by atoms with Gasteiger partial charge in [0.05, 0.1) is 11.8 Å². The first kappa shape index (κ1) is 16.4. The first-order chi connectivity index (χ1) is 13.1. The van der Waals surface area contributed by atoms with Crippen molar-refractivity contribution in [2.24, 2.45) is 23.7 Å². The van der Waals surface area contributed by atoms with Crippen molar-refractivity contribution < 1.29 is 19.1 Å². The van der Waals surface area contributed by atoms with Gasteiger partial charge in [0.25, 0.3) is 0 Å². The minimum absolute atomic E-state index is 0.0506. The van der Waals surface area contributed by atoms with Crippen LogP contribution < -0.4 is 10.1 Å². The molecular weight excluding hydrogens is 342 g/mol. The Balaban J connectivity index is 1.26. The lowest BCUT2D eigenvalue weighted by atomic mass is 9.79. The Bertz CT molecular complexity index is 905. The van der Waals surface area contributed by atoms with E-state index in [9.17, 15) is 9.59 Å². The fraction of sp³-hybridized carbons (Fsp3) is 0.364. The molecule has 5 atom stereocenters. The van der Waals surface area contributed by atoms with Crippen LogP contribution in [0.25, 0.3) is 0 Å². The summed E-state index contributed by atoms with van der Waals surface area (Å²) in [6.07, 6.45) is 1.81. The second-order valence-electron chi connectivity index (χ2n) is 7.85. The van der Waals surface area contributed by atoms with Gasteiger partial charge in [-0.1, -0.05) is 12.1 Å². The summed E-state index contributed by atoms with van der Waals surface area (Å²) < 4.78 is 11.3. The molecule has 1 saturated heterocycles. The molecule has 1 heterocycles.